The molecular formula is C18H19ClN2O4. The van der Waals surface area contributed by atoms with E-state index in [9.17, 15) is 9.59 Å². The Morgan fingerprint density at radius 3 is 2.44 bits per heavy atom. The van der Waals surface area contributed by atoms with E-state index in [4.69, 9.17) is 26.8 Å². The molecule has 7 heteroatoms. The van der Waals surface area contributed by atoms with Crippen molar-refractivity contribution in [2.45, 2.75) is 20.0 Å². The summed E-state index contributed by atoms with van der Waals surface area (Å²) in [7, 11) is 1.40. The third-order valence-electron chi connectivity index (χ3n) is 3.51. The van der Waals surface area contributed by atoms with Crippen LogP contribution in [-0.4, -0.2) is 25.1 Å². The van der Waals surface area contributed by atoms with Crippen molar-refractivity contribution in [3.63, 3.8) is 0 Å². The SMILES string of the molecule is COc1cc(N)c(Cl)cc1C(=O)O[C@@H](C)C(=O)Nc1ccc(C)cc1. The number of rotatable bonds is 5. The van der Waals surface area contributed by atoms with Gasteiger partial charge >= 0.3 is 5.97 Å². The molecule has 2 aromatic carbocycles. The molecule has 0 bridgehead atoms. The summed E-state index contributed by atoms with van der Waals surface area (Å²) < 4.78 is 10.3. The Bertz CT molecular complexity index is 790. The molecule has 6 nitrogen and oxygen atoms in total. The Hall–Kier alpha value is -2.73. The summed E-state index contributed by atoms with van der Waals surface area (Å²) in [6, 6.07) is 10.1. The number of methoxy groups -OCH3 is 1. The summed E-state index contributed by atoms with van der Waals surface area (Å²) in [6.07, 6.45) is -1.00. The van der Waals surface area contributed by atoms with Gasteiger partial charge in [-0.05, 0) is 32.0 Å². The zero-order chi connectivity index (χ0) is 18.6. The average molecular weight is 363 g/mol. The number of hydrogen-bond donors (Lipinski definition) is 2. The van der Waals surface area contributed by atoms with E-state index < -0.39 is 18.0 Å². The van der Waals surface area contributed by atoms with Crippen molar-refractivity contribution < 1.29 is 19.1 Å². The van der Waals surface area contributed by atoms with Gasteiger partial charge < -0.3 is 20.5 Å². The van der Waals surface area contributed by atoms with Gasteiger partial charge in [0.05, 0.1) is 17.8 Å². The van der Waals surface area contributed by atoms with Crippen LogP contribution in [0.5, 0.6) is 5.75 Å². The first-order chi connectivity index (χ1) is 11.8. The summed E-state index contributed by atoms with van der Waals surface area (Å²) in [4.78, 5) is 24.5. The fourth-order valence-corrected chi connectivity index (χ4v) is 2.22. The molecule has 1 atom stereocenters. The van der Waals surface area contributed by atoms with Gasteiger partial charge in [-0.15, -0.1) is 0 Å². The number of ether oxygens (including phenoxy) is 2. The molecule has 0 aliphatic heterocycles. The number of amides is 1. The van der Waals surface area contributed by atoms with Crippen LogP contribution in [0.25, 0.3) is 0 Å². The van der Waals surface area contributed by atoms with E-state index in [0.717, 1.165) is 5.56 Å². The van der Waals surface area contributed by atoms with Gasteiger partial charge in [0.2, 0.25) is 0 Å². The molecule has 0 saturated carbocycles. The second-order valence-corrected chi connectivity index (χ2v) is 5.88. The molecule has 0 aliphatic carbocycles. The van der Waals surface area contributed by atoms with E-state index in [1.54, 1.807) is 12.1 Å². The van der Waals surface area contributed by atoms with Gasteiger partial charge in [0.25, 0.3) is 5.91 Å². The van der Waals surface area contributed by atoms with Crippen molar-refractivity contribution in [2.75, 3.05) is 18.2 Å². The highest BCUT2D eigenvalue weighted by molar-refractivity contribution is 6.33. The van der Waals surface area contributed by atoms with Crippen LogP contribution < -0.4 is 15.8 Å². The zero-order valence-electron chi connectivity index (χ0n) is 14.1. The highest BCUT2D eigenvalue weighted by Gasteiger charge is 2.22. The molecular weight excluding hydrogens is 344 g/mol. The first-order valence-electron chi connectivity index (χ1n) is 7.53. The molecule has 25 heavy (non-hydrogen) atoms. The highest BCUT2D eigenvalue weighted by atomic mass is 35.5. The van der Waals surface area contributed by atoms with Crippen molar-refractivity contribution in [3.05, 3.63) is 52.5 Å². The molecule has 0 fully saturated rings. The number of halogens is 1. The number of carbonyl (C=O) groups excluding carboxylic acids is 2. The highest BCUT2D eigenvalue weighted by Crippen LogP contribution is 2.29. The summed E-state index contributed by atoms with van der Waals surface area (Å²) in [5.41, 5.74) is 7.75. The number of carbonyl (C=O) groups is 2. The van der Waals surface area contributed by atoms with Gasteiger partial charge in [-0.25, -0.2) is 4.79 Å². The summed E-state index contributed by atoms with van der Waals surface area (Å²) in [6.45, 7) is 3.42. The third-order valence-corrected chi connectivity index (χ3v) is 3.84. The summed E-state index contributed by atoms with van der Waals surface area (Å²) in [5.74, 6) is -0.957. The summed E-state index contributed by atoms with van der Waals surface area (Å²) in [5, 5.41) is 2.88. The predicted octanol–water partition coefficient (Wildman–Crippen LogP) is 3.42. The number of nitrogens with two attached hydrogens (primary N) is 1. The first-order valence-corrected chi connectivity index (χ1v) is 7.91. The van der Waals surface area contributed by atoms with Crippen molar-refractivity contribution in [1.82, 2.24) is 0 Å². The minimum atomic E-state index is -1.00. The van der Waals surface area contributed by atoms with Crippen LogP contribution >= 0.6 is 11.6 Å². The molecule has 0 heterocycles. The standard InChI is InChI=1S/C18H19ClN2O4/c1-10-4-6-12(7-5-10)21-17(22)11(2)25-18(23)13-8-14(19)15(20)9-16(13)24-3/h4-9,11H,20H2,1-3H3,(H,21,22)/t11-/m0/s1. The smallest absolute Gasteiger partial charge is 0.342 e. The van der Waals surface area contributed by atoms with E-state index in [0.29, 0.717) is 5.69 Å². The van der Waals surface area contributed by atoms with Gasteiger partial charge in [-0.1, -0.05) is 29.3 Å². The number of esters is 1. The lowest BCUT2D eigenvalue weighted by molar-refractivity contribution is -0.123. The van der Waals surface area contributed by atoms with Crippen molar-refractivity contribution in [2.24, 2.45) is 0 Å². The van der Waals surface area contributed by atoms with E-state index in [-0.39, 0.29) is 22.0 Å². The van der Waals surface area contributed by atoms with Crippen molar-refractivity contribution >= 4 is 34.9 Å². The molecule has 0 aliphatic rings. The third kappa shape index (κ3) is 4.64. The molecule has 0 aromatic heterocycles. The normalized spacial score (nSPS) is 11.5. The lowest BCUT2D eigenvalue weighted by Crippen LogP contribution is -2.30. The van der Waals surface area contributed by atoms with E-state index in [1.165, 1.54) is 26.2 Å². The minimum Gasteiger partial charge on any atom is -0.496 e. The van der Waals surface area contributed by atoms with Crippen LogP contribution in [0.4, 0.5) is 11.4 Å². The van der Waals surface area contributed by atoms with Crippen LogP contribution in [0.3, 0.4) is 0 Å². The maximum Gasteiger partial charge on any atom is 0.342 e. The zero-order valence-corrected chi connectivity index (χ0v) is 14.9. The second-order valence-electron chi connectivity index (χ2n) is 5.48. The van der Waals surface area contributed by atoms with Gasteiger partial charge in [0.1, 0.15) is 11.3 Å². The number of anilines is 2. The molecule has 0 radical (unpaired) electrons. The molecule has 0 unspecified atom stereocenters. The van der Waals surface area contributed by atoms with Crippen molar-refractivity contribution in [3.8, 4) is 5.75 Å². The molecule has 1 amide bonds. The van der Waals surface area contributed by atoms with Crippen molar-refractivity contribution in [1.29, 1.82) is 0 Å². The van der Waals surface area contributed by atoms with Crippen LogP contribution in [0.2, 0.25) is 5.02 Å². The topological polar surface area (TPSA) is 90.7 Å². The molecule has 2 rings (SSSR count). The Morgan fingerprint density at radius 2 is 1.84 bits per heavy atom. The van der Waals surface area contributed by atoms with Gasteiger partial charge in [-0.3, -0.25) is 4.79 Å². The molecule has 3 N–H and O–H groups in total. The number of nitrogens with one attached hydrogen (secondary N) is 1. The lowest BCUT2D eigenvalue weighted by Gasteiger charge is -2.15. The maximum absolute atomic E-state index is 12.3. The first kappa shape index (κ1) is 18.6. The monoisotopic (exact) mass is 362 g/mol. The number of nitrogen functional groups attached to an aromatic ring is 1. The van der Waals surface area contributed by atoms with Gasteiger partial charge in [0, 0.05) is 11.8 Å². The second kappa shape index (κ2) is 7.90. The number of aryl methyl sites for hydroxylation is 1. The predicted molar refractivity (Wildman–Crippen MR) is 97.1 cm³/mol. The van der Waals surface area contributed by atoms with Crippen LogP contribution in [0, 0.1) is 6.92 Å². The molecule has 0 saturated heterocycles. The van der Waals surface area contributed by atoms with E-state index in [1.807, 2.05) is 19.1 Å². The van der Waals surface area contributed by atoms with E-state index in [2.05, 4.69) is 5.32 Å². The largest absolute Gasteiger partial charge is 0.496 e. The number of benzene rings is 2. The fourth-order valence-electron chi connectivity index (χ4n) is 2.06. The molecule has 132 valence electrons. The Balaban J connectivity index is 2.08. The van der Waals surface area contributed by atoms with Crippen LogP contribution in [0.1, 0.15) is 22.8 Å². The average Bonchev–Trinajstić information content (AvgIpc) is 2.58. The van der Waals surface area contributed by atoms with Crippen LogP contribution in [0.15, 0.2) is 36.4 Å². The Kier molecular flexibility index (Phi) is 5.88. The number of hydrogen-bond acceptors (Lipinski definition) is 5. The fraction of sp³-hybridized carbons (Fsp3) is 0.222. The van der Waals surface area contributed by atoms with Gasteiger partial charge in [-0.2, -0.15) is 0 Å². The van der Waals surface area contributed by atoms with Crippen LogP contribution in [-0.2, 0) is 9.53 Å². The Morgan fingerprint density at radius 1 is 1.20 bits per heavy atom. The van der Waals surface area contributed by atoms with E-state index >= 15 is 0 Å². The summed E-state index contributed by atoms with van der Waals surface area (Å²) >= 11 is 5.94. The van der Waals surface area contributed by atoms with Gasteiger partial charge in [0.15, 0.2) is 6.10 Å². The minimum absolute atomic E-state index is 0.0942. The molecule has 2 aromatic rings. The maximum atomic E-state index is 12.3. The Labute approximate surface area is 150 Å². The molecule has 0 spiro atoms. The quantitative estimate of drug-likeness (QED) is 0.628. The lowest BCUT2D eigenvalue weighted by atomic mass is 10.2.